The van der Waals surface area contributed by atoms with E-state index < -0.39 is 11.7 Å². The largest absolute Gasteiger partial charge is 0.416 e. The number of anilines is 1. The maximum Gasteiger partial charge on any atom is 0.416 e. The van der Waals surface area contributed by atoms with E-state index in [-0.39, 0.29) is 6.04 Å². The summed E-state index contributed by atoms with van der Waals surface area (Å²) in [4.78, 5) is 6.40. The van der Waals surface area contributed by atoms with Crippen LogP contribution in [0.4, 0.5) is 19.0 Å². The van der Waals surface area contributed by atoms with E-state index in [1.165, 1.54) is 12.1 Å². The molecule has 0 radical (unpaired) electrons. The van der Waals surface area contributed by atoms with E-state index in [2.05, 4.69) is 32.3 Å². The smallest absolute Gasteiger partial charge is 0.349 e. The van der Waals surface area contributed by atoms with E-state index in [4.69, 9.17) is 0 Å². The Morgan fingerprint density at radius 3 is 2.56 bits per heavy atom. The summed E-state index contributed by atoms with van der Waals surface area (Å²) < 4.78 is 38.5. The summed E-state index contributed by atoms with van der Waals surface area (Å²) >= 11 is 0. The van der Waals surface area contributed by atoms with Gasteiger partial charge in [-0.05, 0) is 25.1 Å². The second-order valence-electron chi connectivity index (χ2n) is 6.62. The molecule has 0 unspecified atom stereocenters. The standard InChI is InChI=1S/C19H18F3N5/c1-12-10-24-8-9-27(12)18-16-11-23-7-6-15(16)17(25-26-18)13-2-4-14(5-3-13)19(20,21)22/h2-7,11-12,24H,8-10H2,1H3/t12-/m1/s1. The molecule has 5 nitrogen and oxygen atoms in total. The quantitative estimate of drug-likeness (QED) is 0.745. The van der Waals surface area contributed by atoms with Gasteiger partial charge in [-0.3, -0.25) is 4.98 Å². The lowest BCUT2D eigenvalue weighted by atomic mass is 10.0. The van der Waals surface area contributed by atoms with E-state index in [1.807, 2.05) is 6.07 Å². The van der Waals surface area contributed by atoms with Crippen molar-refractivity contribution in [1.29, 1.82) is 0 Å². The maximum absolute atomic E-state index is 12.8. The van der Waals surface area contributed by atoms with Crippen molar-refractivity contribution in [2.45, 2.75) is 19.1 Å². The molecule has 1 aliphatic rings. The summed E-state index contributed by atoms with van der Waals surface area (Å²) in [5, 5.41) is 13.8. The molecule has 3 heterocycles. The van der Waals surface area contributed by atoms with Crippen molar-refractivity contribution in [3.63, 3.8) is 0 Å². The molecule has 0 bridgehead atoms. The van der Waals surface area contributed by atoms with Gasteiger partial charge in [0.1, 0.15) is 5.69 Å². The number of hydrogen-bond donors (Lipinski definition) is 1. The average Bonchev–Trinajstić information content (AvgIpc) is 2.67. The van der Waals surface area contributed by atoms with Crippen LogP contribution < -0.4 is 10.2 Å². The lowest BCUT2D eigenvalue weighted by molar-refractivity contribution is -0.137. The van der Waals surface area contributed by atoms with E-state index in [9.17, 15) is 13.2 Å². The molecule has 1 N–H and O–H groups in total. The van der Waals surface area contributed by atoms with Crippen molar-refractivity contribution < 1.29 is 13.2 Å². The van der Waals surface area contributed by atoms with Crippen molar-refractivity contribution in [3.05, 3.63) is 48.3 Å². The first kappa shape index (κ1) is 17.7. The lowest BCUT2D eigenvalue weighted by Crippen LogP contribution is -2.50. The summed E-state index contributed by atoms with van der Waals surface area (Å²) in [7, 11) is 0. The number of aromatic nitrogens is 3. The van der Waals surface area contributed by atoms with E-state index in [0.29, 0.717) is 11.3 Å². The third-order valence-electron chi connectivity index (χ3n) is 4.82. The Morgan fingerprint density at radius 2 is 1.85 bits per heavy atom. The molecule has 1 fully saturated rings. The fourth-order valence-electron chi connectivity index (χ4n) is 3.38. The zero-order valence-corrected chi connectivity index (χ0v) is 14.7. The van der Waals surface area contributed by atoms with Gasteiger partial charge in [-0.1, -0.05) is 12.1 Å². The van der Waals surface area contributed by atoms with E-state index >= 15 is 0 Å². The highest BCUT2D eigenvalue weighted by atomic mass is 19.4. The van der Waals surface area contributed by atoms with Gasteiger partial charge in [-0.2, -0.15) is 13.2 Å². The van der Waals surface area contributed by atoms with Crippen LogP contribution in [0.5, 0.6) is 0 Å². The molecule has 1 aromatic carbocycles. The molecule has 8 heteroatoms. The summed E-state index contributed by atoms with van der Waals surface area (Å²) in [6.45, 7) is 4.62. The molecule has 1 aliphatic heterocycles. The van der Waals surface area contributed by atoms with Gasteiger partial charge in [-0.15, -0.1) is 10.2 Å². The molecule has 0 spiro atoms. The van der Waals surface area contributed by atoms with Crippen molar-refractivity contribution in [2.24, 2.45) is 0 Å². The van der Waals surface area contributed by atoms with Gasteiger partial charge in [0.25, 0.3) is 0 Å². The zero-order chi connectivity index (χ0) is 19.0. The molecular formula is C19H18F3N5. The summed E-state index contributed by atoms with van der Waals surface area (Å²) in [6, 6.07) is 7.08. The fraction of sp³-hybridized carbons (Fsp3) is 0.316. The third-order valence-corrected chi connectivity index (χ3v) is 4.82. The van der Waals surface area contributed by atoms with Crippen LogP contribution in [0.1, 0.15) is 12.5 Å². The van der Waals surface area contributed by atoms with E-state index in [0.717, 1.165) is 48.4 Å². The number of alkyl halides is 3. The van der Waals surface area contributed by atoms with Gasteiger partial charge in [0.15, 0.2) is 5.82 Å². The number of nitrogens with zero attached hydrogens (tertiary/aromatic N) is 4. The maximum atomic E-state index is 12.8. The second-order valence-corrected chi connectivity index (χ2v) is 6.62. The Labute approximate surface area is 154 Å². The highest BCUT2D eigenvalue weighted by Crippen LogP contribution is 2.34. The summed E-state index contributed by atoms with van der Waals surface area (Å²) in [6.07, 6.45) is -0.970. The van der Waals surface area contributed by atoms with Crippen molar-refractivity contribution in [2.75, 3.05) is 24.5 Å². The number of nitrogens with one attached hydrogen (secondary N) is 1. The van der Waals surface area contributed by atoms with Crippen LogP contribution in [0, 0.1) is 0 Å². The fourth-order valence-corrected chi connectivity index (χ4v) is 3.38. The SMILES string of the molecule is C[C@@H]1CNCCN1c1nnc(-c2ccc(C(F)(F)F)cc2)c2ccncc12. The van der Waals surface area contributed by atoms with Gasteiger partial charge < -0.3 is 10.2 Å². The Hall–Kier alpha value is -2.74. The average molecular weight is 373 g/mol. The number of halogens is 3. The number of benzene rings is 1. The number of rotatable bonds is 2. The minimum absolute atomic E-state index is 0.258. The van der Waals surface area contributed by atoms with Crippen molar-refractivity contribution in [3.8, 4) is 11.3 Å². The predicted octanol–water partition coefficient (Wildman–Crippen LogP) is 3.51. The van der Waals surface area contributed by atoms with E-state index in [1.54, 1.807) is 12.4 Å². The Morgan fingerprint density at radius 1 is 1.07 bits per heavy atom. The Bertz CT molecular complexity index is 956. The van der Waals surface area contributed by atoms with Gasteiger partial charge >= 0.3 is 6.18 Å². The number of fused-ring (bicyclic) bond motifs is 1. The molecule has 1 atom stereocenters. The van der Waals surface area contributed by atoms with Crippen LogP contribution in [-0.2, 0) is 6.18 Å². The highest BCUT2D eigenvalue weighted by molar-refractivity contribution is 5.99. The zero-order valence-electron chi connectivity index (χ0n) is 14.7. The van der Waals surface area contributed by atoms with Crippen LogP contribution in [0.2, 0.25) is 0 Å². The topological polar surface area (TPSA) is 53.9 Å². The number of hydrogen-bond acceptors (Lipinski definition) is 5. The van der Waals surface area contributed by atoms with Crippen LogP contribution in [0.25, 0.3) is 22.0 Å². The summed E-state index contributed by atoms with van der Waals surface area (Å²) in [5.74, 6) is 0.753. The van der Waals surface area contributed by atoms with Gasteiger partial charge in [0.05, 0.1) is 5.56 Å². The van der Waals surface area contributed by atoms with Gasteiger partial charge in [0, 0.05) is 54.4 Å². The molecule has 4 rings (SSSR count). The molecule has 2 aromatic heterocycles. The number of piperazine rings is 1. The van der Waals surface area contributed by atoms with Gasteiger partial charge in [-0.25, -0.2) is 0 Å². The molecule has 0 saturated carbocycles. The first-order valence-electron chi connectivity index (χ1n) is 8.70. The first-order chi connectivity index (χ1) is 12.9. The van der Waals surface area contributed by atoms with Crippen LogP contribution in [0.15, 0.2) is 42.7 Å². The molecule has 27 heavy (non-hydrogen) atoms. The Balaban J connectivity index is 1.80. The van der Waals surface area contributed by atoms with Crippen LogP contribution in [-0.4, -0.2) is 40.9 Å². The minimum atomic E-state index is -4.36. The van der Waals surface area contributed by atoms with Crippen LogP contribution in [0.3, 0.4) is 0 Å². The lowest BCUT2D eigenvalue weighted by Gasteiger charge is -2.35. The molecule has 3 aromatic rings. The predicted molar refractivity (Wildman–Crippen MR) is 97.4 cm³/mol. The minimum Gasteiger partial charge on any atom is -0.349 e. The van der Waals surface area contributed by atoms with Crippen molar-refractivity contribution in [1.82, 2.24) is 20.5 Å². The second kappa shape index (κ2) is 6.77. The van der Waals surface area contributed by atoms with Gasteiger partial charge in [0.2, 0.25) is 0 Å². The normalized spacial score (nSPS) is 18.1. The highest BCUT2D eigenvalue weighted by Gasteiger charge is 2.30. The molecule has 0 amide bonds. The third kappa shape index (κ3) is 3.32. The molecule has 140 valence electrons. The molecule has 1 saturated heterocycles. The summed E-state index contributed by atoms with van der Waals surface area (Å²) in [5.41, 5.74) is 0.454. The Kier molecular flexibility index (Phi) is 4.43. The monoisotopic (exact) mass is 373 g/mol. The molecular weight excluding hydrogens is 355 g/mol. The first-order valence-corrected chi connectivity index (χ1v) is 8.70. The van der Waals surface area contributed by atoms with Crippen molar-refractivity contribution >= 4 is 16.6 Å². The molecule has 0 aliphatic carbocycles. The van der Waals surface area contributed by atoms with Crippen LogP contribution >= 0.6 is 0 Å². The number of pyridine rings is 1.